The molecule has 27 heavy (non-hydrogen) atoms. The minimum Gasteiger partial charge on any atom is -0.351 e. The number of fused-ring (bicyclic) bond motifs is 2. The average Bonchev–Trinajstić information content (AvgIpc) is 3.22. The van der Waals surface area contributed by atoms with Crippen molar-refractivity contribution in [3.05, 3.63) is 64.5 Å². The van der Waals surface area contributed by atoms with Crippen LogP contribution in [-0.4, -0.2) is 20.4 Å². The number of benzene rings is 2. The van der Waals surface area contributed by atoms with Crippen molar-refractivity contribution in [2.45, 2.75) is 19.5 Å². The Morgan fingerprint density at radius 3 is 2.78 bits per heavy atom. The minimum absolute atomic E-state index is 0.110. The van der Waals surface area contributed by atoms with E-state index >= 15 is 0 Å². The quantitative estimate of drug-likeness (QED) is 0.467. The standard InChI is InChI=1S/C19H15BrF2N4O/c1-10(17-25-14-4-2-3-5-16(14)26(17)19(21)22)23-18(27)15-9-11-8-12(20)6-7-13(11)24-15/h2-10,19,24H,1H3,(H,23,27)/t10-/m1/s1. The number of aromatic nitrogens is 3. The van der Waals surface area contributed by atoms with Gasteiger partial charge in [0.15, 0.2) is 0 Å². The molecular weight excluding hydrogens is 418 g/mol. The van der Waals surface area contributed by atoms with Crippen LogP contribution < -0.4 is 5.32 Å². The zero-order chi connectivity index (χ0) is 19.1. The van der Waals surface area contributed by atoms with E-state index in [4.69, 9.17) is 0 Å². The molecule has 2 aromatic heterocycles. The van der Waals surface area contributed by atoms with Gasteiger partial charge in [0.2, 0.25) is 0 Å². The molecule has 8 heteroatoms. The lowest BCUT2D eigenvalue weighted by molar-refractivity contribution is 0.0687. The van der Waals surface area contributed by atoms with Gasteiger partial charge in [-0.3, -0.25) is 9.36 Å². The van der Waals surface area contributed by atoms with Crippen molar-refractivity contribution >= 4 is 43.8 Å². The summed E-state index contributed by atoms with van der Waals surface area (Å²) in [6.07, 6.45) is 0. The summed E-state index contributed by atoms with van der Waals surface area (Å²) in [7, 11) is 0. The Hall–Kier alpha value is -2.74. The molecule has 1 amide bonds. The van der Waals surface area contributed by atoms with E-state index in [0.29, 0.717) is 16.7 Å². The van der Waals surface area contributed by atoms with Crippen LogP contribution in [0.15, 0.2) is 53.0 Å². The third kappa shape index (κ3) is 3.21. The maximum atomic E-state index is 13.6. The van der Waals surface area contributed by atoms with E-state index < -0.39 is 12.6 Å². The van der Waals surface area contributed by atoms with Crippen LogP contribution in [0.2, 0.25) is 0 Å². The molecule has 0 unspecified atom stereocenters. The number of carbonyl (C=O) groups is 1. The molecule has 4 aromatic rings. The van der Waals surface area contributed by atoms with Crippen LogP contribution in [0.5, 0.6) is 0 Å². The highest BCUT2D eigenvalue weighted by Crippen LogP contribution is 2.27. The SMILES string of the molecule is C[C@@H](NC(=O)c1cc2cc(Br)ccc2[nH]1)c1nc2ccccc2n1C(F)F. The van der Waals surface area contributed by atoms with Crippen molar-refractivity contribution in [3.8, 4) is 0 Å². The number of amides is 1. The smallest absolute Gasteiger partial charge is 0.320 e. The summed E-state index contributed by atoms with van der Waals surface area (Å²) in [4.78, 5) is 19.9. The first-order chi connectivity index (χ1) is 12.9. The summed E-state index contributed by atoms with van der Waals surface area (Å²) in [6, 6.07) is 13.3. The van der Waals surface area contributed by atoms with Crippen molar-refractivity contribution < 1.29 is 13.6 Å². The molecule has 0 radical (unpaired) electrons. The van der Waals surface area contributed by atoms with Gasteiger partial charge in [-0.05, 0) is 43.3 Å². The Morgan fingerprint density at radius 1 is 1.22 bits per heavy atom. The van der Waals surface area contributed by atoms with E-state index in [2.05, 4.69) is 31.2 Å². The zero-order valence-corrected chi connectivity index (χ0v) is 15.8. The van der Waals surface area contributed by atoms with Crippen molar-refractivity contribution in [2.75, 3.05) is 0 Å². The summed E-state index contributed by atoms with van der Waals surface area (Å²) in [6.45, 7) is -1.12. The number of carbonyl (C=O) groups excluding carboxylic acids is 1. The highest BCUT2D eigenvalue weighted by molar-refractivity contribution is 9.10. The summed E-state index contributed by atoms with van der Waals surface area (Å²) >= 11 is 3.39. The lowest BCUT2D eigenvalue weighted by atomic mass is 10.2. The number of halogens is 3. The van der Waals surface area contributed by atoms with Gasteiger partial charge in [-0.15, -0.1) is 0 Å². The predicted octanol–water partition coefficient (Wildman–Crippen LogP) is 5.17. The summed E-state index contributed by atoms with van der Waals surface area (Å²) in [5.41, 5.74) is 1.97. The van der Waals surface area contributed by atoms with Crippen LogP contribution >= 0.6 is 15.9 Å². The topological polar surface area (TPSA) is 62.7 Å². The molecule has 0 aliphatic heterocycles. The molecule has 0 spiro atoms. The van der Waals surface area contributed by atoms with Crippen LogP contribution in [0, 0.1) is 0 Å². The molecule has 0 bridgehead atoms. The van der Waals surface area contributed by atoms with E-state index in [9.17, 15) is 13.6 Å². The number of nitrogens with zero attached hydrogens (tertiary/aromatic N) is 2. The van der Waals surface area contributed by atoms with Crippen LogP contribution in [-0.2, 0) is 0 Å². The molecule has 0 fully saturated rings. The molecule has 5 nitrogen and oxygen atoms in total. The van der Waals surface area contributed by atoms with Gasteiger partial charge in [0.05, 0.1) is 17.1 Å². The molecule has 2 aromatic carbocycles. The predicted molar refractivity (Wildman–Crippen MR) is 103 cm³/mol. The normalized spacial score (nSPS) is 12.8. The molecule has 0 saturated carbocycles. The largest absolute Gasteiger partial charge is 0.351 e. The van der Waals surface area contributed by atoms with Crippen LogP contribution in [0.4, 0.5) is 8.78 Å². The number of hydrogen-bond acceptors (Lipinski definition) is 2. The zero-order valence-electron chi connectivity index (χ0n) is 14.2. The van der Waals surface area contributed by atoms with Gasteiger partial charge in [-0.1, -0.05) is 28.1 Å². The van der Waals surface area contributed by atoms with Crippen LogP contribution in [0.25, 0.3) is 21.9 Å². The van der Waals surface area contributed by atoms with Crippen molar-refractivity contribution in [1.82, 2.24) is 19.9 Å². The van der Waals surface area contributed by atoms with E-state index in [1.807, 2.05) is 18.2 Å². The molecule has 1 atom stereocenters. The first-order valence-electron chi connectivity index (χ1n) is 8.28. The van der Waals surface area contributed by atoms with Gasteiger partial charge in [0, 0.05) is 15.4 Å². The van der Waals surface area contributed by atoms with E-state index in [1.54, 1.807) is 37.3 Å². The molecule has 4 rings (SSSR count). The number of para-hydroxylation sites is 2. The number of hydrogen-bond donors (Lipinski definition) is 2. The Balaban J connectivity index is 1.65. The summed E-state index contributed by atoms with van der Waals surface area (Å²) < 4.78 is 28.9. The van der Waals surface area contributed by atoms with Crippen molar-refractivity contribution in [3.63, 3.8) is 0 Å². The molecule has 0 aliphatic carbocycles. The second-order valence-electron chi connectivity index (χ2n) is 6.22. The molecule has 0 saturated heterocycles. The molecular formula is C19H15BrF2N4O. The maximum Gasteiger partial charge on any atom is 0.320 e. The maximum absolute atomic E-state index is 13.6. The lowest BCUT2D eigenvalue weighted by Gasteiger charge is -2.15. The highest BCUT2D eigenvalue weighted by atomic mass is 79.9. The fourth-order valence-corrected chi connectivity index (χ4v) is 3.52. The fourth-order valence-electron chi connectivity index (χ4n) is 3.14. The number of aromatic amines is 1. The third-order valence-electron chi connectivity index (χ3n) is 4.38. The van der Waals surface area contributed by atoms with Crippen molar-refractivity contribution in [1.29, 1.82) is 0 Å². The first-order valence-corrected chi connectivity index (χ1v) is 9.07. The second kappa shape index (κ2) is 6.77. The van der Waals surface area contributed by atoms with E-state index in [-0.39, 0.29) is 11.7 Å². The molecule has 138 valence electrons. The summed E-state index contributed by atoms with van der Waals surface area (Å²) in [5.74, 6) is -0.277. The van der Waals surface area contributed by atoms with Crippen LogP contribution in [0.3, 0.4) is 0 Å². The number of rotatable bonds is 4. The third-order valence-corrected chi connectivity index (χ3v) is 4.87. The highest BCUT2D eigenvalue weighted by Gasteiger charge is 2.23. The first kappa shape index (κ1) is 17.7. The number of imidazole rings is 1. The second-order valence-corrected chi connectivity index (χ2v) is 7.13. The number of alkyl halides is 2. The van der Waals surface area contributed by atoms with Gasteiger partial charge in [-0.25, -0.2) is 4.98 Å². The molecule has 2 heterocycles. The fraction of sp³-hybridized carbons (Fsp3) is 0.158. The molecule has 2 N–H and O–H groups in total. The lowest BCUT2D eigenvalue weighted by Crippen LogP contribution is -2.29. The summed E-state index contributed by atoms with van der Waals surface area (Å²) in [5, 5.41) is 3.62. The van der Waals surface area contributed by atoms with Gasteiger partial charge in [-0.2, -0.15) is 8.78 Å². The Bertz CT molecular complexity index is 1150. The molecule has 0 aliphatic rings. The van der Waals surface area contributed by atoms with Gasteiger partial charge >= 0.3 is 6.55 Å². The average molecular weight is 433 g/mol. The van der Waals surface area contributed by atoms with E-state index in [1.165, 1.54) is 0 Å². The minimum atomic E-state index is -2.75. The number of nitrogens with one attached hydrogen (secondary N) is 2. The van der Waals surface area contributed by atoms with E-state index in [0.717, 1.165) is 19.9 Å². The van der Waals surface area contributed by atoms with Gasteiger partial charge in [0.1, 0.15) is 11.5 Å². The van der Waals surface area contributed by atoms with Crippen molar-refractivity contribution in [2.24, 2.45) is 0 Å². The Labute approximate surface area is 161 Å². The number of H-pyrrole nitrogens is 1. The van der Waals surface area contributed by atoms with Gasteiger partial charge in [0.25, 0.3) is 5.91 Å². The Kier molecular flexibility index (Phi) is 4.43. The monoisotopic (exact) mass is 432 g/mol. The Morgan fingerprint density at radius 2 is 2.00 bits per heavy atom. The van der Waals surface area contributed by atoms with Crippen LogP contribution in [0.1, 0.15) is 35.8 Å². The van der Waals surface area contributed by atoms with Gasteiger partial charge < -0.3 is 10.3 Å².